The lowest BCUT2D eigenvalue weighted by Gasteiger charge is -2.15. The van der Waals surface area contributed by atoms with Gasteiger partial charge in [0.05, 0.1) is 10.9 Å². The second kappa shape index (κ2) is 9.27. The summed E-state index contributed by atoms with van der Waals surface area (Å²) in [6.45, 7) is 10.9. The Morgan fingerprint density at radius 1 is 1.00 bits per heavy atom. The van der Waals surface area contributed by atoms with Crippen LogP contribution in [0.3, 0.4) is 0 Å². The zero-order valence-electron chi connectivity index (χ0n) is 17.8. The minimum absolute atomic E-state index is 0.0410. The fourth-order valence-electron chi connectivity index (χ4n) is 3.21. The molecule has 152 valence electrons. The van der Waals surface area contributed by atoms with Crippen LogP contribution in [0.2, 0.25) is 0 Å². The van der Waals surface area contributed by atoms with Crippen LogP contribution in [-0.2, 0) is 6.61 Å². The Morgan fingerprint density at radius 2 is 1.69 bits per heavy atom. The Labute approximate surface area is 177 Å². The number of carbonyl (C=O) groups excluding carboxylic acids is 1. The summed E-state index contributed by atoms with van der Waals surface area (Å²) in [5.41, 5.74) is 5.76. The van der Waals surface area contributed by atoms with E-state index in [-0.39, 0.29) is 11.9 Å². The average molecular weight is 408 g/mol. The van der Waals surface area contributed by atoms with Crippen LogP contribution in [-0.4, -0.2) is 5.91 Å². The molecule has 3 aromatic rings. The molecule has 0 fully saturated rings. The molecule has 2 aromatic carbocycles. The Balaban J connectivity index is 1.58. The van der Waals surface area contributed by atoms with Gasteiger partial charge in [0.2, 0.25) is 0 Å². The number of carbonyl (C=O) groups is 1. The van der Waals surface area contributed by atoms with E-state index in [9.17, 15) is 4.79 Å². The molecule has 0 aliphatic rings. The van der Waals surface area contributed by atoms with Gasteiger partial charge in [-0.25, -0.2) is 0 Å². The van der Waals surface area contributed by atoms with Crippen molar-refractivity contribution in [1.29, 1.82) is 0 Å². The Bertz CT molecular complexity index is 973. The van der Waals surface area contributed by atoms with Crippen molar-refractivity contribution in [3.05, 3.63) is 86.6 Å². The fraction of sp³-hybridized carbons (Fsp3) is 0.320. The van der Waals surface area contributed by atoms with Gasteiger partial charge in [0.25, 0.3) is 5.91 Å². The van der Waals surface area contributed by atoms with E-state index in [2.05, 4.69) is 56.4 Å². The van der Waals surface area contributed by atoms with Crippen molar-refractivity contribution in [3.8, 4) is 5.75 Å². The third kappa shape index (κ3) is 5.48. The molecule has 0 radical (unpaired) electrons. The first-order chi connectivity index (χ1) is 13.8. The van der Waals surface area contributed by atoms with Crippen molar-refractivity contribution in [1.82, 2.24) is 5.32 Å². The van der Waals surface area contributed by atoms with E-state index in [0.717, 1.165) is 22.4 Å². The predicted octanol–water partition coefficient (Wildman–Crippen LogP) is 6.56. The van der Waals surface area contributed by atoms with Gasteiger partial charge in [0.1, 0.15) is 12.4 Å². The standard InChI is InChI=1S/C25H29NO2S/c1-16(2)21-7-9-22(10-8-21)19(5)26-25(27)24-13-20(15-29-24)14-28-23-11-6-17(3)12-18(23)4/h6-13,15-16,19H,14H2,1-5H3,(H,26,27). The minimum Gasteiger partial charge on any atom is -0.489 e. The molecule has 1 unspecified atom stereocenters. The molecule has 0 saturated heterocycles. The van der Waals surface area contributed by atoms with Crippen LogP contribution in [0.15, 0.2) is 53.9 Å². The number of thiophene rings is 1. The monoisotopic (exact) mass is 407 g/mol. The van der Waals surface area contributed by atoms with E-state index in [1.807, 2.05) is 37.4 Å². The van der Waals surface area contributed by atoms with Crippen molar-refractivity contribution in [2.24, 2.45) is 0 Å². The lowest BCUT2D eigenvalue weighted by molar-refractivity contribution is 0.0944. The first-order valence-electron chi connectivity index (χ1n) is 10.0. The molecule has 1 heterocycles. The van der Waals surface area contributed by atoms with E-state index in [4.69, 9.17) is 4.74 Å². The molecule has 3 nitrogen and oxygen atoms in total. The maximum absolute atomic E-state index is 12.6. The second-order valence-electron chi connectivity index (χ2n) is 7.89. The number of hydrogen-bond acceptors (Lipinski definition) is 3. The van der Waals surface area contributed by atoms with Crippen molar-refractivity contribution in [2.45, 2.75) is 53.2 Å². The zero-order valence-corrected chi connectivity index (χ0v) is 18.6. The van der Waals surface area contributed by atoms with Crippen molar-refractivity contribution < 1.29 is 9.53 Å². The third-order valence-electron chi connectivity index (χ3n) is 5.05. The van der Waals surface area contributed by atoms with Gasteiger partial charge in [0.15, 0.2) is 0 Å². The van der Waals surface area contributed by atoms with Crippen LogP contribution >= 0.6 is 11.3 Å². The molecule has 0 aliphatic carbocycles. The molecule has 4 heteroatoms. The lowest BCUT2D eigenvalue weighted by atomic mass is 9.99. The van der Waals surface area contributed by atoms with E-state index in [1.165, 1.54) is 22.5 Å². The molecule has 0 saturated carbocycles. The predicted molar refractivity (Wildman–Crippen MR) is 121 cm³/mol. The summed E-state index contributed by atoms with van der Waals surface area (Å²) in [5.74, 6) is 1.34. The molecule has 3 rings (SSSR count). The van der Waals surface area contributed by atoms with Crippen LogP contribution in [0.5, 0.6) is 5.75 Å². The van der Waals surface area contributed by atoms with Crippen LogP contribution < -0.4 is 10.1 Å². The van der Waals surface area contributed by atoms with Crippen LogP contribution in [0.25, 0.3) is 0 Å². The Hall–Kier alpha value is -2.59. The van der Waals surface area contributed by atoms with Crippen LogP contribution in [0, 0.1) is 13.8 Å². The molecule has 1 aromatic heterocycles. The summed E-state index contributed by atoms with van der Waals surface area (Å²) in [5, 5.41) is 5.08. The third-order valence-corrected chi connectivity index (χ3v) is 6.03. The van der Waals surface area contributed by atoms with Gasteiger partial charge < -0.3 is 10.1 Å². The molecule has 0 aliphatic heterocycles. The van der Waals surface area contributed by atoms with E-state index in [0.29, 0.717) is 17.4 Å². The summed E-state index contributed by atoms with van der Waals surface area (Å²) in [6, 6.07) is 16.5. The number of benzene rings is 2. The summed E-state index contributed by atoms with van der Waals surface area (Å²) in [7, 11) is 0. The Kier molecular flexibility index (Phi) is 6.75. The van der Waals surface area contributed by atoms with Crippen molar-refractivity contribution in [2.75, 3.05) is 0 Å². The SMILES string of the molecule is Cc1ccc(OCc2csc(C(=O)NC(C)c3ccc(C(C)C)cc3)c2)c(C)c1. The van der Waals surface area contributed by atoms with Crippen molar-refractivity contribution >= 4 is 17.2 Å². The first-order valence-corrected chi connectivity index (χ1v) is 10.9. The number of amides is 1. The van der Waals surface area contributed by atoms with Gasteiger partial charge in [-0.1, -0.05) is 55.8 Å². The lowest BCUT2D eigenvalue weighted by Crippen LogP contribution is -2.25. The van der Waals surface area contributed by atoms with E-state index < -0.39 is 0 Å². The summed E-state index contributed by atoms with van der Waals surface area (Å²) < 4.78 is 5.93. The fourth-order valence-corrected chi connectivity index (χ4v) is 4.01. The summed E-state index contributed by atoms with van der Waals surface area (Å²) in [4.78, 5) is 13.3. The zero-order chi connectivity index (χ0) is 21.0. The maximum Gasteiger partial charge on any atom is 0.261 e. The topological polar surface area (TPSA) is 38.3 Å². The second-order valence-corrected chi connectivity index (χ2v) is 8.80. The van der Waals surface area contributed by atoms with E-state index >= 15 is 0 Å². The molecule has 0 spiro atoms. The van der Waals surface area contributed by atoms with Crippen molar-refractivity contribution in [3.63, 3.8) is 0 Å². The highest BCUT2D eigenvalue weighted by Crippen LogP contribution is 2.23. The maximum atomic E-state index is 12.6. The van der Waals surface area contributed by atoms with Gasteiger partial charge in [-0.2, -0.15) is 0 Å². The smallest absolute Gasteiger partial charge is 0.261 e. The quantitative estimate of drug-likeness (QED) is 0.482. The molecule has 1 N–H and O–H groups in total. The first kappa shape index (κ1) is 21.1. The number of hydrogen-bond donors (Lipinski definition) is 1. The molecular formula is C25H29NO2S. The number of rotatable bonds is 7. The van der Waals surface area contributed by atoms with Gasteiger partial charge >= 0.3 is 0 Å². The average Bonchev–Trinajstić information content (AvgIpc) is 3.16. The molecule has 29 heavy (non-hydrogen) atoms. The highest BCUT2D eigenvalue weighted by Gasteiger charge is 2.14. The van der Waals surface area contributed by atoms with Gasteiger partial charge in [0, 0.05) is 5.56 Å². The molecular weight excluding hydrogens is 378 g/mol. The van der Waals surface area contributed by atoms with Gasteiger partial charge in [-0.15, -0.1) is 11.3 Å². The Morgan fingerprint density at radius 3 is 2.34 bits per heavy atom. The normalized spacial score (nSPS) is 12.1. The summed E-state index contributed by atoms with van der Waals surface area (Å²) >= 11 is 1.45. The number of ether oxygens (including phenoxy) is 1. The van der Waals surface area contributed by atoms with Crippen LogP contribution in [0.4, 0.5) is 0 Å². The molecule has 0 bridgehead atoms. The highest BCUT2D eigenvalue weighted by atomic mass is 32.1. The number of aryl methyl sites for hydroxylation is 2. The largest absolute Gasteiger partial charge is 0.489 e. The minimum atomic E-state index is -0.0480. The van der Waals surface area contributed by atoms with Gasteiger partial charge in [-0.3, -0.25) is 4.79 Å². The summed E-state index contributed by atoms with van der Waals surface area (Å²) in [6.07, 6.45) is 0. The number of nitrogens with one attached hydrogen (secondary N) is 1. The van der Waals surface area contributed by atoms with Gasteiger partial charge in [-0.05, 0) is 60.9 Å². The molecule has 1 amide bonds. The van der Waals surface area contributed by atoms with E-state index in [1.54, 1.807) is 0 Å². The highest BCUT2D eigenvalue weighted by molar-refractivity contribution is 7.12. The molecule has 1 atom stereocenters. The van der Waals surface area contributed by atoms with Crippen LogP contribution in [0.1, 0.15) is 70.2 Å².